The lowest BCUT2D eigenvalue weighted by Gasteiger charge is -2.58. The summed E-state index contributed by atoms with van der Waals surface area (Å²) in [5.41, 5.74) is 2.98. The molecule has 5 nitrogen and oxygen atoms in total. The number of hydrogen-bond donors (Lipinski definition) is 2. The molecule has 0 bridgehead atoms. The van der Waals surface area contributed by atoms with E-state index in [2.05, 4.69) is 33.8 Å². The van der Waals surface area contributed by atoms with Gasteiger partial charge in [-0.25, -0.2) is 0 Å². The van der Waals surface area contributed by atoms with Crippen molar-refractivity contribution in [3.8, 4) is 0 Å². The van der Waals surface area contributed by atoms with Gasteiger partial charge in [-0.1, -0.05) is 64.3 Å². The molecule has 5 heteroatoms. The summed E-state index contributed by atoms with van der Waals surface area (Å²) in [4.78, 5) is 27.0. The average molecular weight is 548 g/mol. The van der Waals surface area contributed by atoms with Gasteiger partial charge in [-0.05, 0) is 110 Å². The van der Waals surface area contributed by atoms with Crippen molar-refractivity contribution in [2.24, 2.45) is 46.3 Å². The summed E-state index contributed by atoms with van der Waals surface area (Å²) in [5, 5.41) is 21.8. The Bertz CT molecular complexity index is 1160. The van der Waals surface area contributed by atoms with Gasteiger partial charge in [-0.15, -0.1) is 0 Å². The van der Waals surface area contributed by atoms with E-state index in [1.165, 1.54) is 23.3 Å². The van der Waals surface area contributed by atoms with E-state index < -0.39 is 0 Å². The van der Waals surface area contributed by atoms with Crippen molar-refractivity contribution in [2.45, 2.75) is 104 Å². The van der Waals surface area contributed by atoms with Crippen LogP contribution in [0.3, 0.4) is 0 Å². The highest BCUT2D eigenvalue weighted by atomic mass is 16.3. The van der Waals surface area contributed by atoms with Crippen LogP contribution in [0, 0.1) is 46.3 Å². The molecule has 0 saturated heterocycles. The minimum absolute atomic E-state index is 0.160. The Hall–Kier alpha value is -1.98. The third-order valence-corrected chi connectivity index (χ3v) is 12.5. The number of fused-ring (bicyclic) bond motifs is 6. The number of hydrogen-bond acceptors (Lipinski definition) is 4. The molecule has 0 aromatic heterocycles. The zero-order valence-electron chi connectivity index (χ0n) is 24.9. The number of nitrogens with zero attached hydrogens (tertiary/aromatic N) is 1. The molecule has 5 aliphatic rings. The Morgan fingerprint density at radius 2 is 1.68 bits per heavy atom. The number of carbonyl (C=O) groups excluding carboxylic acids is 2. The number of benzene rings is 1. The number of aliphatic hydroxyl groups is 2. The topological polar surface area (TPSA) is 77.8 Å². The van der Waals surface area contributed by atoms with Crippen LogP contribution in [0.5, 0.6) is 0 Å². The van der Waals surface area contributed by atoms with Crippen molar-refractivity contribution in [1.29, 1.82) is 0 Å². The molecule has 2 amide bonds. The quantitative estimate of drug-likeness (QED) is 0.296. The second-order valence-electron chi connectivity index (χ2n) is 14.8. The Morgan fingerprint density at radius 1 is 0.975 bits per heavy atom. The van der Waals surface area contributed by atoms with Crippen LogP contribution in [-0.2, 0) is 0 Å². The van der Waals surface area contributed by atoms with E-state index in [-0.39, 0.29) is 40.8 Å². The second-order valence-corrected chi connectivity index (χ2v) is 14.8. The largest absolute Gasteiger partial charge is 0.393 e. The molecule has 0 radical (unpaired) electrons. The zero-order chi connectivity index (χ0) is 28.4. The van der Waals surface area contributed by atoms with Crippen molar-refractivity contribution in [3.05, 3.63) is 47.0 Å². The minimum atomic E-state index is -0.231. The van der Waals surface area contributed by atoms with E-state index in [4.69, 9.17) is 0 Å². The predicted molar refractivity (Wildman–Crippen MR) is 157 cm³/mol. The lowest BCUT2D eigenvalue weighted by Crippen LogP contribution is -2.51. The van der Waals surface area contributed by atoms with Gasteiger partial charge in [0.05, 0.1) is 23.3 Å². The Morgan fingerprint density at radius 3 is 2.38 bits per heavy atom. The summed E-state index contributed by atoms with van der Waals surface area (Å²) < 4.78 is 0. The molecule has 3 saturated carbocycles. The molecule has 3 fully saturated rings. The van der Waals surface area contributed by atoms with Crippen LogP contribution in [0.4, 0.5) is 0 Å². The first-order valence-electron chi connectivity index (χ1n) is 16.1. The summed E-state index contributed by atoms with van der Waals surface area (Å²) in [5.74, 6) is 2.61. The van der Waals surface area contributed by atoms with E-state index in [9.17, 15) is 19.8 Å². The third-order valence-electron chi connectivity index (χ3n) is 12.5. The summed E-state index contributed by atoms with van der Waals surface area (Å²) in [6.45, 7) is 9.93. The summed E-state index contributed by atoms with van der Waals surface area (Å²) in [7, 11) is 0. The van der Waals surface area contributed by atoms with Gasteiger partial charge in [0.15, 0.2) is 0 Å². The van der Waals surface area contributed by atoms with Gasteiger partial charge < -0.3 is 10.2 Å². The highest BCUT2D eigenvalue weighted by Crippen LogP contribution is 2.67. The predicted octanol–water partition coefficient (Wildman–Crippen LogP) is 6.64. The summed E-state index contributed by atoms with van der Waals surface area (Å²) >= 11 is 0. The molecule has 6 rings (SSSR count). The normalized spacial score (nSPS) is 40.1. The van der Waals surface area contributed by atoms with Gasteiger partial charge in [0.2, 0.25) is 0 Å². The minimum Gasteiger partial charge on any atom is -0.393 e. The van der Waals surface area contributed by atoms with E-state index >= 15 is 0 Å². The standard InChI is InChI=1S/C35H49NO4/c1-21(20-36-32(39)25-10-5-6-11-26(25)33(36)40)8-7-9-22(2)31-30(38)19-29-27-13-12-23-18-24(37)14-16-34(23,3)28(27)15-17-35(29,31)4/h5-6,10-12,21-22,24,27-31,37-38H,7-9,13-20H2,1-4H3/t21-,22-,24+,27-,28+,29+,30?,31+,34+,35+/m1/s1. The highest BCUT2D eigenvalue weighted by molar-refractivity contribution is 6.21. The highest BCUT2D eigenvalue weighted by Gasteiger charge is 2.61. The van der Waals surface area contributed by atoms with E-state index in [0.717, 1.165) is 51.4 Å². The van der Waals surface area contributed by atoms with E-state index in [1.54, 1.807) is 12.1 Å². The first-order chi connectivity index (χ1) is 19.0. The fourth-order valence-electron chi connectivity index (χ4n) is 10.5. The zero-order valence-corrected chi connectivity index (χ0v) is 24.9. The van der Waals surface area contributed by atoms with Crippen LogP contribution in [0.2, 0.25) is 0 Å². The van der Waals surface area contributed by atoms with Gasteiger partial charge in [-0.2, -0.15) is 0 Å². The van der Waals surface area contributed by atoms with Crippen molar-refractivity contribution in [1.82, 2.24) is 4.90 Å². The Balaban J connectivity index is 1.06. The molecule has 1 aromatic carbocycles. The molecule has 4 aliphatic carbocycles. The lowest BCUT2D eigenvalue weighted by molar-refractivity contribution is -0.0620. The molecule has 1 unspecified atom stereocenters. The molecular formula is C35H49NO4. The first-order valence-corrected chi connectivity index (χ1v) is 16.1. The maximum Gasteiger partial charge on any atom is 0.261 e. The molecule has 1 heterocycles. The molecule has 1 aromatic rings. The van der Waals surface area contributed by atoms with Gasteiger partial charge >= 0.3 is 0 Å². The molecule has 40 heavy (non-hydrogen) atoms. The summed E-state index contributed by atoms with van der Waals surface area (Å²) in [6, 6.07) is 7.13. The van der Waals surface area contributed by atoms with E-state index in [0.29, 0.717) is 47.3 Å². The number of rotatable bonds is 7. The number of imide groups is 1. The van der Waals surface area contributed by atoms with Crippen molar-refractivity contribution in [3.63, 3.8) is 0 Å². The van der Waals surface area contributed by atoms with Crippen LogP contribution in [0.15, 0.2) is 35.9 Å². The number of aliphatic hydroxyl groups excluding tert-OH is 2. The molecule has 218 valence electrons. The Kier molecular flexibility index (Phi) is 7.31. The van der Waals surface area contributed by atoms with Gasteiger partial charge in [-0.3, -0.25) is 14.5 Å². The van der Waals surface area contributed by atoms with Crippen LogP contribution in [0.1, 0.15) is 113 Å². The fraction of sp³-hybridized carbons (Fsp3) is 0.714. The maximum atomic E-state index is 12.8. The Labute approximate surface area is 240 Å². The first kappa shape index (κ1) is 28.2. The molecule has 0 spiro atoms. The monoisotopic (exact) mass is 547 g/mol. The van der Waals surface area contributed by atoms with Gasteiger partial charge in [0, 0.05) is 6.54 Å². The molecular weight excluding hydrogens is 498 g/mol. The van der Waals surface area contributed by atoms with Crippen molar-refractivity contribution in [2.75, 3.05) is 6.54 Å². The van der Waals surface area contributed by atoms with Crippen LogP contribution in [-0.4, -0.2) is 45.7 Å². The lowest BCUT2D eigenvalue weighted by atomic mass is 9.47. The number of amides is 2. The molecule has 1 aliphatic heterocycles. The second kappa shape index (κ2) is 10.4. The molecule has 10 atom stereocenters. The third kappa shape index (κ3) is 4.42. The number of allylic oxidation sites excluding steroid dienone is 1. The van der Waals surface area contributed by atoms with Crippen LogP contribution in [0.25, 0.3) is 0 Å². The molecule has 2 N–H and O–H groups in total. The maximum absolute atomic E-state index is 12.8. The smallest absolute Gasteiger partial charge is 0.261 e. The summed E-state index contributed by atoms with van der Waals surface area (Å²) in [6.07, 6.45) is 12.6. The van der Waals surface area contributed by atoms with E-state index in [1.807, 2.05) is 12.1 Å². The fourth-order valence-corrected chi connectivity index (χ4v) is 10.5. The van der Waals surface area contributed by atoms with Crippen LogP contribution < -0.4 is 0 Å². The van der Waals surface area contributed by atoms with Gasteiger partial charge in [0.25, 0.3) is 11.8 Å². The van der Waals surface area contributed by atoms with Crippen molar-refractivity contribution < 1.29 is 19.8 Å². The average Bonchev–Trinajstić information content (AvgIpc) is 3.33. The number of carbonyl (C=O) groups is 2. The van der Waals surface area contributed by atoms with Gasteiger partial charge in [0.1, 0.15) is 0 Å². The van der Waals surface area contributed by atoms with Crippen molar-refractivity contribution >= 4 is 11.8 Å². The van der Waals surface area contributed by atoms with Crippen LogP contribution >= 0.6 is 0 Å². The SMILES string of the molecule is C[C@H](CCC[C@@H](C)[C@H]1C(O)C[C@H]2[C@@H]3CC=C4C[C@@H](O)CC[C@]4(C)[C@H]3CC[C@]12C)CN1C(=O)c2ccccc2C1=O.